The van der Waals surface area contributed by atoms with Gasteiger partial charge < -0.3 is 0 Å². The fourth-order valence-corrected chi connectivity index (χ4v) is 1.20. The first-order valence-electron chi connectivity index (χ1n) is 4.84. The van der Waals surface area contributed by atoms with E-state index in [1.807, 2.05) is 0 Å². The van der Waals surface area contributed by atoms with E-state index in [2.05, 4.69) is 50.0 Å². The Hall–Kier alpha value is -1.22. The van der Waals surface area contributed by atoms with Gasteiger partial charge in [-0.25, -0.2) is 0 Å². The van der Waals surface area contributed by atoms with Gasteiger partial charge in [0.2, 0.25) is 0 Å². The van der Waals surface area contributed by atoms with Crippen LogP contribution in [0.3, 0.4) is 0 Å². The van der Waals surface area contributed by atoms with Gasteiger partial charge in [0, 0.05) is 12.8 Å². The molecule has 0 amide bonds. The minimum absolute atomic E-state index is 0.891. The van der Waals surface area contributed by atoms with Crippen molar-refractivity contribution in [3.05, 3.63) is 35.4 Å². The lowest BCUT2D eigenvalue weighted by Crippen LogP contribution is -1.81. The molecule has 0 heteroatoms. The summed E-state index contributed by atoms with van der Waals surface area (Å²) in [6, 6.07) is 8.53. The van der Waals surface area contributed by atoms with Crippen LogP contribution in [0.2, 0.25) is 0 Å². The van der Waals surface area contributed by atoms with Crippen LogP contribution in [0.5, 0.6) is 0 Å². The van der Waals surface area contributed by atoms with E-state index in [1.165, 1.54) is 11.1 Å². The number of unbranched alkanes of at least 4 members (excludes halogenated alkanes) is 1. The first-order chi connectivity index (χ1) is 6.33. The van der Waals surface area contributed by atoms with E-state index in [1.54, 1.807) is 0 Å². The Balaban J connectivity index is 2.51. The van der Waals surface area contributed by atoms with Crippen LogP contribution >= 0.6 is 0 Å². The van der Waals surface area contributed by atoms with Gasteiger partial charge >= 0.3 is 0 Å². The van der Waals surface area contributed by atoms with Gasteiger partial charge in [-0.2, -0.15) is 0 Å². The molecule has 0 spiro atoms. The van der Waals surface area contributed by atoms with E-state index in [-0.39, 0.29) is 0 Å². The lowest BCUT2D eigenvalue weighted by Gasteiger charge is -1.95. The average molecular weight is 172 g/mol. The summed E-state index contributed by atoms with van der Waals surface area (Å²) in [6.45, 7) is 4.27. The molecule has 13 heavy (non-hydrogen) atoms. The Bertz CT molecular complexity index is 312. The maximum absolute atomic E-state index is 3.18. The molecule has 0 nitrogen and oxygen atoms in total. The standard InChI is InChI=1S/C13H16/c1-3-4-5-6-9-13-10-7-8-12(2)11-13/h7-8,10-11H,3-4,9H2,1-2H3. The topological polar surface area (TPSA) is 0 Å². The van der Waals surface area contributed by atoms with Crippen molar-refractivity contribution in [3.8, 4) is 11.8 Å². The maximum atomic E-state index is 3.18. The molecular formula is C13H16. The lowest BCUT2D eigenvalue weighted by atomic mass is 10.1. The summed E-state index contributed by atoms with van der Waals surface area (Å²) in [5, 5.41) is 0. The Morgan fingerprint density at radius 3 is 2.77 bits per heavy atom. The van der Waals surface area contributed by atoms with Crippen molar-refractivity contribution < 1.29 is 0 Å². The van der Waals surface area contributed by atoms with Crippen LogP contribution in [0, 0.1) is 18.8 Å². The average Bonchev–Trinajstić information content (AvgIpc) is 2.13. The molecule has 1 aromatic carbocycles. The second-order valence-corrected chi connectivity index (χ2v) is 3.27. The third-order valence-corrected chi connectivity index (χ3v) is 1.87. The highest BCUT2D eigenvalue weighted by Gasteiger charge is 1.88. The van der Waals surface area contributed by atoms with Crippen LogP contribution in [0.15, 0.2) is 24.3 Å². The highest BCUT2D eigenvalue weighted by Crippen LogP contribution is 2.03. The minimum atomic E-state index is 0.891. The number of benzene rings is 1. The summed E-state index contributed by atoms with van der Waals surface area (Å²) in [5.41, 5.74) is 2.64. The molecule has 0 aliphatic rings. The Labute approximate surface area is 81.0 Å². The van der Waals surface area contributed by atoms with Crippen LogP contribution in [-0.2, 0) is 6.42 Å². The molecule has 0 fully saturated rings. The Morgan fingerprint density at radius 2 is 2.08 bits per heavy atom. The fraction of sp³-hybridized carbons (Fsp3) is 0.385. The van der Waals surface area contributed by atoms with Crippen LogP contribution in [0.4, 0.5) is 0 Å². The molecule has 0 aliphatic heterocycles. The summed E-state index contributed by atoms with van der Waals surface area (Å²) < 4.78 is 0. The van der Waals surface area contributed by atoms with Gasteiger partial charge in [0.1, 0.15) is 0 Å². The highest BCUT2D eigenvalue weighted by molar-refractivity contribution is 5.25. The van der Waals surface area contributed by atoms with Crippen LogP contribution in [0.1, 0.15) is 30.9 Å². The van der Waals surface area contributed by atoms with Gasteiger partial charge in [-0.15, -0.1) is 5.92 Å². The summed E-state index contributed by atoms with van der Waals surface area (Å²) in [7, 11) is 0. The zero-order chi connectivity index (χ0) is 9.52. The predicted molar refractivity (Wildman–Crippen MR) is 57.6 cm³/mol. The molecule has 0 heterocycles. The monoisotopic (exact) mass is 172 g/mol. The van der Waals surface area contributed by atoms with Crippen molar-refractivity contribution in [2.24, 2.45) is 0 Å². The van der Waals surface area contributed by atoms with Gasteiger partial charge in [0.15, 0.2) is 0 Å². The molecule has 0 radical (unpaired) electrons. The maximum Gasteiger partial charge on any atom is 0.0340 e. The smallest absolute Gasteiger partial charge is 0.0340 e. The van der Waals surface area contributed by atoms with Crippen molar-refractivity contribution in [1.29, 1.82) is 0 Å². The van der Waals surface area contributed by atoms with E-state index in [0.717, 1.165) is 19.3 Å². The molecule has 0 saturated heterocycles. The molecule has 1 aromatic rings. The first kappa shape index (κ1) is 9.86. The highest BCUT2D eigenvalue weighted by atomic mass is 13.9. The minimum Gasteiger partial charge on any atom is -0.103 e. The summed E-state index contributed by atoms with van der Waals surface area (Å²) in [5.74, 6) is 6.33. The van der Waals surface area contributed by atoms with Crippen LogP contribution in [0.25, 0.3) is 0 Å². The second-order valence-electron chi connectivity index (χ2n) is 3.27. The van der Waals surface area contributed by atoms with Crippen molar-refractivity contribution in [2.75, 3.05) is 0 Å². The molecule has 0 unspecified atom stereocenters. The Morgan fingerprint density at radius 1 is 1.23 bits per heavy atom. The van der Waals surface area contributed by atoms with E-state index in [0.29, 0.717) is 0 Å². The van der Waals surface area contributed by atoms with Crippen molar-refractivity contribution in [1.82, 2.24) is 0 Å². The van der Waals surface area contributed by atoms with Crippen molar-refractivity contribution in [3.63, 3.8) is 0 Å². The largest absolute Gasteiger partial charge is 0.103 e. The molecule has 0 N–H and O–H groups in total. The van der Waals surface area contributed by atoms with Crippen molar-refractivity contribution >= 4 is 0 Å². The Kier molecular flexibility index (Phi) is 4.12. The molecule has 0 atom stereocenters. The molecular weight excluding hydrogens is 156 g/mol. The predicted octanol–water partition coefficient (Wildman–Crippen LogP) is 3.34. The summed E-state index contributed by atoms with van der Waals surface area (Å²) in [4.78, 5) is 0. The molecule has 0 aliphatic carbocycles. The molecule has 0 bridgehead atoms. The molecule has 1 rings (SSSR count). The van der Waals surface area contributed by atoms with Crippen molar-refractivity contribution in [2.45, 2.75) is 33.1 Å². The van der Waals surface area contributed by atoms with E-state index >= 15 is 0 Å². The SMILES string of the molecule is CCCC#CCc1cccc(C)c1. The van der Waals surface area contributed by atoms with E-state index in [9.17, 15) is 0 Å². The third kappa shape index (κ3) is 3.80. The zero-order valence-corrected chi connectivity index (χ0v) is 8.43. The quantitative estimate of drug-likeness (QED) is 0.600. The number of rotatable bonds is 2. The second kappa shape index (κ2) is 5.43. The normalized spacial score (nSPS) is 9.08. The zero-order valence-electron chi connectivity index (χ0n) is 8.43. The molecule has 0 aromatic heterocycles. The van der Waals surface area contributed by atoms with Gasteiger partial charge in [-0.05, 0) is 18.9 Å². The number of hydrogen-bond donors (Lipinski definition) is 0. The lowest BCUT2D eigenvalue weighted by molar-refractivity contribution is 0.981. The van der Waals surface area contributed by atoms with Gasteiger partial charge in [0.25, 0.3) is 0 Å². The van der Waals surface area contributed by atoms with Crippen LogP contribution in [-0.4, -0.2) is 0 Å². The summed E-state index contributed by atoms with van der Waals surface area (Å²) >= 11 is 0. The number of hydrogen-bond acceptors (Lipinski definition) is 0. The van der Waals surface area contributed by atoms with E-state index in [4.69, 9.17) is 0 Å². The summed E-state index contributed by atoms with van der Waals surface area (Å²) in [6.07, 6.45) is 3.06. The van der Waals surface area contributed by atoms with Gasteiger partial charge in [0.05, 0.1) is 0 Å². The van der Waals surface area contributed by atoms with Crippen LogP contribution < -0.4 is 0 Å². The fourth-order valence-electron chi connectivity index (χ4n) is 1.20. The number of aryl methyl sites for hydroxylation is 1. The van der Waals surface area contributed by atoms with Gasteiger partial charge in [-0.3, -0.25) is 0 Å². The third-order valence-electron chi connectivity index (χ3n) is 1.87. The first-order valence-corrected chi connectivity index (χ1v) is 4.84. The molecule has 0 saturated carbocycles. The van der Waals surface area contributed by atoms with Gasteiger partial charge in [-0.1, -0.05) is 42.7 Å². The van der Waals surface area contributed by atoms with E-state index < -0.39 is 0 Å². The molecule has 68 valence electrons.